The zero-order valence-corrected chi connectivity index (χ0v) is 9.41. The first kappa shape index (κ1) is 10.7. The first-order valence-electron chi connectivity index (χ1n) is 4.59. The van der Waals surface area contributed by atoms with E-state index in [2.05, 4.69) is 4.98 Å². The van der Waals surface area contributed by atoms with Crippen LogP contribution in [0.2, 0.25) is 0 Å². The Bertz CT molecular complexity index is 490. The lowest BCUT2D eigenvalue weighted by Gasteiger charge is -1.99. The quantitative estimate of drug-likeness (QED) is 0.828. The first-order chi connectivity index (χ1) is 7.66. The fourth-order valence-electron chi connectivity index (χ4n) is 1.24. The summed E-state index contributed by atoms with van der Waals surface area (Å²) >= 11 is 1.28. The number of hydrogen-bond acceptors (Lipinski definition) is 6. The Hall–Kier alpha value is -1.82. The van der Waals surface area contributed by atoms with Crippen molar-refractivity contribution in [2.45, 2.75) is 13.5 Å². The van der Waals surface area contributed by atoms with Gasteiger partial charge in [0, 0.05) is 6.92 Å². The van der Waals surface area contributed by atoms with Crippen LogP contribution in [0, 0.1) is 0 Å². The van der Waals surface area contributed by atoms with Crippen molar-refractivity contribution in [3.8, 4) is 11.5 Å². The number of hydrogen-bond donors (Lipinski definition) is 1. The maximum atomic E-state index is 10.7. The molecular formula is C10H10N2O3S. The van der Waals surface area contributed by atoms with E-state index in [1.54, 1.807) is 18.4 Å². The third-order valence-corrected chi connectivity index (χ3v) is 2.73. The van der Waals surface area contributed by atoms with Crippen molar-refractivity contribution in [3.63, 3.8) is 0 Å². The van der Waals surface area contributed by atoms with Crippen molar-refractivity contribution in [3.05, 3.63) is 23.3 Å². The van der Waals surface area contributed by atoms with E-state index >= 15 is 0 Å². The lowest BCUT2D eigenvalue weighted by Crippen LogP contribution is -1.98. The van der Waals surface area contributed by atoms with Crippen molar-refractivity contribution in [1.82, 2.24) is 4.98 Å². The van der Waals surface area contributed by atoms with Crippen LogP contribution in [0.3, 0.4) is 0 Å². The molecule has 0 saturated carbocycles. The number of anilines is 1. The summed E-state index contributed by atoms with van der Waals surface area (Å²) in [4.78, 5) is 15.7. The zero-order valence-electron chi connectivity index (χ0n) is 8.60. The number of ether oxygens (including phenoxy) is 1. The van der Waals surface area contributed by atoms with Crippen molar-refractivity contribution >= 4 is 22.4 Å². The van der Waals surface area contributed by atoms with Crippen LogP contribution in [0.5, 0.6) is 0 Å². The molecule has 2 N–H and O–H groups in total. The highest BCUT2D eigenvalue weighted by atomic mass is 32.1. The molecule has 0 aromatic carbocycles. The van der Waals surface area contributed by atoms with Gasteiger partial charge in [-0.15, -0.1) is 0 Å². The molecule has 5 nitrogen and oxygen atoms in total. The van der Waals surface area contributed by atoms with Crippen LogP contribution in [0.15, 0.2) is 22.8 Å². The molecule has 2 aromatic heterocycles. The van der Waals surface area contributed by atoms with Gasteiger partial charge in [0.05, 0.1) is 11.1 Å². The summed E-state index contributed by atoms with van der Waals surface area (Å²) in [6.45, 7) is 1.52. The second-order valence-electron chi connectivity index (χ2n) is 3.08. The third-order valence-electron chi connectivity index (χ3n) is 1.87. The van der Waals surface area contributed by atoms with Gasteiger partial charge in [0.25, 0.3) is 0 Å². The Balaban J connectivity index is 2.27. The predicted octanol–water partition coefficient (Wildman–Crippen LogP) is 2.05. The standard InChI is InChI=1S/C10H10N2O3S/c1-6(13)15-5-8-9(12-10(11)16-8)7-3-2-4-14-7/h2-4H,5H2,1H3,(H2,11,12). The zero-order chi connectivity index (χ0) is 11.5. The minimum Gasteiger partial charge on any atom is -0.463 e. The maximum Gasteiger partial charge on any atom is 0.302 e. The topological polar surface area (TPSA) is 78.4 Å². The second-order valence-corrected chi connectivity index (χ2v) is 4.20. The van der Waals surface area contributed by atoms with Gasteiger partial charge in [-0.05, 0) is 12.1 Å². The summed E-state index contributed by atoms with van der Waals surface area (Å²) in [5, 5.41) is 0.425. The monoisotopic (exact) mass is 238 g/mol. The van der Waals surface area contributed by atoms with Crippen molar-refractivity contribution < 1.29 is 13.9 Å². The second kappa shape index (κ2) is 4.36. The molecule has 0 aliphatic heterocycles. The Labute approximate surface area is 95.9 Å². The molecule has 0 aliphatic carbocycles. The fourth-order valence-corrected chi connectivity index (χ4v) is 1.99. The molecule has 2 rings (SSSR count). The molecule has 0 atom stereocenters. The number of aromatic nitrogens is 1. The first-order valence-corrected chi connectivity index (χ1v) is 5.41. The number of carbonyl (C=O) groups is 1. The Morgan fingerprint density at radius 2 is 2.50 bits per heavy atom. The molecule has 0 radical (unpaired) electrons. The van der Waals surface area contributed by atoms with Crippen LogP contribution >= 0.6 is 11.3 Å². The van der Waals surface area contributed by atoms with Crippen LogP contribution in [-0.2, 0) is 16.1 Å². The number of nitrogens with two attached hydrogens (primary N) is 1. The normalized spacial score (nSPS) is 10.3. The molecule has 2 heterocycles. The van der Waals surface area contributed by atoms with Crippen LogP contribution in [0.25, 0.3) is 11.5 Å². The van der Waals surface area contributed by atoms with E-state index in [1.807, 2.05) is 0 Å². The van der Waals surface area contributed by atoms with Gasteiger partial charge in [0.2, 0.25) is 0 Å². The molecule has 0 spiro atoms. The Morgan fingerprint density at radius 3 is 3.12 bits per heavy atom. The minimum atomic E-state index is -0.336. The van der Waals surface area contributed by atoms with E-state index in [4.69, 9.17) is 14.9 Å². The van der Waals surface area contributed by atoms with Crippen molar-refractivity contribution in [1.29, 1.82) is 0 Å². The summed E-state index contributed by atoms with van der Waals surface area (Å²) in [7, 11) is 0. The largest absolute Gasteiger partial charge is 0.463 e. The smallest absolute Gasteiger partial charge is 0.302 e. The number of furan rings is 1. The number of nitrogens with zero attached hydrogens (tertiary/aromatic N) is 1. The molecule has 0 aliphatic rings. The van der Waals surface area contributed by atoms with Crippen LogP contribution in [-0.4, -0.2) is 11.0 Å². The van der Waals surface area contributed by atoms with Crippen LogP contribution in [0.4, 0.5) is 5.13 Å². The van der Waals surface area contributed by atoms with Crippen molar-refractivity contribution in [2.75, 3.05) is 5.73 Å². The number of esters is 1. The van der Waals surface area contributed by atoms with E-state index in [9.17, 15) is 4.79 Å². The predicted molar refractivity (Wildman–Crippen MR) is 59.7 cm³/mol. The maximum absolute atomic E-state index is 10.7. The van der Waals surface area contributed by atoms with Crippen LogP contribution in [0.1, 0.15) is 11.8 Å². The SMILES string of the molecule is CC(=O)OCc1sc(N)nc1-c1ccco1. The number of rotatable bonds is 3. The average Bonchev–Trinajstić information content (AvgIpc) is 2.82. The molecular weight excluding hydrogens is 228 g/mol. The number of carbonyl (C=O) groups excluding carboxylic acids is 1. The van der Waals surface area contributed by atoms with Gasteiger partial charge < -0.3 is 14.9 Å². The van der Waals surface area contributed by atoms with Gasteiger partial charge in [-0.1, -0.05) is 11.3 Å². The Morgan fingerprint density at radius 1 is 1.69 bits per heavy atom. The molecule has 2 aromatic rings. The summed E-state index contributed by atoms with van der Waals surface area (Å²) in [6.07, 6.45) is 1.56. The van der Waals surface area contributed by atoms with Gasteiger partial charge in [-0.25, -0.2) is 4.98 Å². The van der Waals surface area contributed by atoms with Gasteiger partial charge in [-0.3, -0.25) is 4.79 Å². The molecule has 0 bridgehead atoms. The summed E-state index contributed by atoms with van der Waals surface area (Å²) in [5.41, 5.74) is 6.25. The fraction of sp³-hybridized carbons (Fsp3) is 0.200. The van der Waals surface area contributed by atoms with Gasteiger partial charge >= 0.3 is 5.97 Å². The molecule has 0 fully saturated rings. The lowest BCUT2D eigenvalue weighted by atomic mass is 10.3. The molecule has 6 heteroatoms. The minimum absolute atomic E-state index is 0.167. The summed E-state index contributed by atoms with van der Waals surface area (Å²) in [5.74, 6) is 0.285. The van der Waals surface area contributed by atoms with Gasteiger partial charge in [-0.2, -0.15) is 0 Å². The lowest BCUT2D eigenvalue weighted by molar-refractivity contribution is -0.142. The van der Waals surface area contributed by atoms with Gasteiger partial charge in [0.1, 0.15) is 12.3 Å². The number of nitrogen functional groups attached to an aromatic ring is 1. The molecule has 0 amide bonds. The van der Waals surface area contributed by atoms with E-state index in [-0.39, 0.29) is 12.6 Å². The van der Waals surface area contributed by atoms with Crippen LogP contribution < -0.4 is 5.73 Å². The van der Waals surface area contributed by atoms with E-state index in [1.165, 1.54) is 18.3 Å². The third kappa shape index (κ3) is 2.22. The van der Waals surface area contributed by atoms with E-state index in [0.29, 0.717) is 16.6 Å². The summed E-state index contributed by atoms with van der Waals surface area (Å²) in [6, 6.07) is 3.55. The highest BCUT2D eigenvalue weighted by Crippen LogP contribution is 2.30. The average molecular weight is 238 g/mol. The highest BCUT2D eigenvalue weighted by molar-refractivity contribution is 7.15. The molecule has 16 heavy (non-hydrogen) atoms. The highest BCUT2D eigenvalue weighted by Gasteiger charge is 2.14. The van der Waals surface area contributed by atoms with Gasteiger partial charge in [0.15, 0.2) is 10.9 Å². The van der Waals surface area contributed by atoms with E-state index in [0.717, 1.165) is 4.88 Å². The molecule has 0 unspecified atom stereocenters. The molecule has 0 saturated heterocycles. The van der Waals surface area contributed by atoms with Crippen molar-refractivity contribution in [2.24, 2.45) is 0 Å². The summed E-state index contributed by atoms with van der Waals surface area (Å²) < 4.78 is 10.1. The van der Waals surface area contributed by atoms with E-state index < -0.39 is 0 Å². The Kier molecular flexibility index (Phi) is 2.91. The molecule has 84 valence electrons. The number of thiazole rings is 1.